The Balaban J connectivity index is 2.02. The highest BCUT2D eigenvalue weighted by molar-refractivity contribution is 5.92. The van der Waals surface area contributed by atoms with Crippen LogP contribution in [0.4, 0.5) is 4.79 Å². The highest BCUT2D eigenvalue weighted by Gasteiger charge is 2.41. The van der Waals surface area contributed by atoms with Gasteiger partial charge in [0, 0.05) is 39.8 Å². The standard InChI is InChI=1S/C18H31N3O6/c1-18(2,3)27-17(24)19-13-5-7-21(15(13)22)14(6-10-25-4)16(23)20-8-11-26-12-9-20/h13-14H,5-12H2,1-4H3,(H,19,24)/t13-,14-/m0/s1. The number of hydrogen-bond acceptors (Lipinski definition) is 6. The van der Waals surface area contributed by atoms with Gasteiger partial charge in [0.1, 0.15) is 17.7 Å². The lowest BCUT2D eigenvalue weighted by atomic mass is 10.1. The molecule has 0 unspecified atom stereocenters. The van der Waals surface area contributed by atoms with Gasteiger partial charge in [0.05, 0.1) is 13.2 Å². The van der Waals surface area contributed by atoms with Crippen molar-refractivity contribution in [3.05, 3.63) is 0 Å². The molecule has 0 saturated carbocycles. The Kier molecular flexibility index (Phi) is 7.43. The molecule has 0 bridgehead atoms. The number of likely N-dealkylation sites (tertiary alicyclic amines) is 1. The quantitative estimate of drug-likeness (QED) is 0.710. The van der Waals surface area contributed by atoms with E-state index in [-0.39, 0.29) is 11.8 Å². The number of methoxy groups -OCH3 is 1. The van der Waals surface area contributed by atoms with Crippen LogP contribution in [-0.4, -0.2) is 92.0 Å². The summed E-state index contributed by atoms with van der Waals surface area (Å²) in [6.07, 6.45) is 0.228. The fourth-order valence-corrected chi connectivity index (χ4v) is 3.23. The SMILES string of the molecule is COCC[C@@H](C(=O)N1CCOCC1)N1CC[C@H](NC(=O)OC(C)(C)C)C1=O. The number of nitrogens with zero attached hydrogens (tertiary/aromatic N) is 2. The first-order chi connectivity index (χ1) is 12.7. The summed E-state index contributed by atoms with van der Waals surface area (Å²) in [5.41, 5.74) is -0.640. The number of alkyl carbamates (subject to hydrolysis) is 1. The van der Waals surface area contributed by atoms with Gasteiger partial charge < -0.3 is 29.3 Å². The van der Waals surface area contributed by atoms with Crippen LogP contribution in [0.15, 0.2) is 0 Å². The van der Waals surface area contributed by atoms with Crippen molar-refractivity contribution < 1.29 is 28.6 Å². The Hall–Kier alpha value is -1.87. The van der Waals surface area contributed by atoms with Gasteiger partial charge in [-0.15, -0.1) is 0 Å². The van der Waals surface area contributed by atoms with Crippen LogP contribution in [0.3, 0.4) is 0 Å². The molecule has 0 aromatic heterocycles. The molecule has 2 aliphatic heterocycles. The second-order valence-electron chi connectivity index (χ2n) is 7.75. The van der Waals surface area contributed by atoms with Gasteiger partial charge in [0.2, 0.25) is 11.8 Å². The van der Waals surface area contributed by atoms with Gasteiger partial charge in [-0.05, 0) is 27.2 Å². The van der Waals surface area contributed by atoms with Crippen molar-refractivity contribution in [2.24, 2.45) is 0 Å². The summed E-state index contributed by atoms with van der Waals surface area (Å²) in [6, 6.07) is -1.27. The summed E-state index contributed by atoms with van der Waals surface area (Å²) in [4.78, 5) is 41.0. The Bertz CT molecular complexity index is 542. The third-order valence-corrected chi connectivity index (χ3v) is 4.51. The molecule has 9 heteroatoms. The third-order valence-electron chi connectivity index (χ3n) is 4.51. The molecule has 1 N–H and O–H groups in total. The van der Waals surface area contributed by atoms with Gasteiger partial charge in [-0.2, -0.15) is 0 Å². The van der Waals surface area contributed by atoms with Crippen molar-refractivity contribution in [1.82, 2.24) is 15.1 Å². The Morgan fingerprint density at radius 1 is 1.26 bits per heavy atom. The Morgan fingerprint density at radius 2 is 1.93 bits per heavy atom. The summed E-state index contributed by atoms with van der Waals surface area (Å²) in [5.74, 6) is -0.356. The molecule has 9 nitrogen and oxygen atoms in total. The molecule has 154 valence electrons. The average Bonchev–Trinajstić information content (AvgIpc) is 2.95. The zero-order valence-corrected chi connectivity index (χ0v) is 16.7. The molecule has 0 aromatic carbocycles. The minimum atomic E-state index is -0.678. The second kappa shape index (κ2) is 9.36. The number of carbonyl (C=O) groups excluding carboxylic acids is 3. The maximum atomic E-state index is 13.0. The first-order valence-corrected chi connectivity index (χ1v) is 9.38. The lowest BCUT2D eigenvalue weighted by Gasteiger charge is -2.34. The van der Waals surface area contributed by atoms with E-state index in [1.807, 2.05) is 0 Å². The zero-order chi connectivity index (χ0) is 20.0. The molecular weight excluding hydrogens is 354 g/mol. The number of carbonyl (C=O) groups is 3. The summed E-state index contributed by atoms with van der Waals surface area (Å²) in [7, 11) is 1.56. The number of hydrogen-bond donors (Lipinski definition) is 1. The van der Waals surface area contributed by atoms with Crippen LogP contribution in [0.2, 0.25) is 0 Å². The third kappa shape index (κ3) is 6.07. The number of rotatable bonds is 6. The highest BCUT2D eigenvalue weighted by Crippen LogP contribution is 2.20. The van der Waals surface area contributed by atoms with Crippen LogP contribution in [0.1, 0.15) is 33.6 Å². The molecule has 0 spiro atoms. The summed E-state index contributed by atoms with van der Waals surface area (Å²) >= 11 is 0. The summed E-state index contributed by atoms with van der Waals surface area (Å²) < 4.78 is 15.6. The van der Waals surface area contributed by atoms with Gasteiger partial charge in [-0.1, -0.05) is 0 Å². The number of ether oxygens (including phenoxy) is 3. The van der Waals surface area contributed by atoms with E-state index in [0.29, 0.717) is 52.3 Å². The minimum absolute atomic E-state index is 0.0957. The van der Waals surface area contributed by atoms with Crippen LogP contribution >= 0.6 is 0 Å². The van der Waals surface area contributed by atoms with Gasteiger partial charge in [-0.25, -0.2) is 4.79 Å². The predicted octanol–water partition coefficient (Wildman–Crippen LogP) is 0.376. The summed E-state index contributed by atoms with van der Waals surface area (Å²) in [5, 5.41) is 2.62. The molecule has 0 aromatic rings. The second-order valence-corrected chi connectivity index (χ2v) is 7.75. The van der Waals surface area contributed by atoms with Crippen LogP contribution in [0.25, 0.3) is 0 Å². The normalized spacial score (nSPS) is 21.9. The highest BCUT2D eigenvalue weighted by atomic mass is 16.6. The van der Waals surface area contributed by atoms with Gasteiger partial charge in [0.15, 0.2) is 0 Å². The lowest BCUT2D eigenvalue weighted by molar-refractivity contribution is -0.147. The Labute approximate surface area is 160 Å². The van der Waals surface area contributed by atoms with Crippen LogP contribution in [-0.2, 0) is 23.8 Å². The van der Waals surface area contributed by atoms with Gasteiger partial charge in [0.25, 0.3) is 0 Å². The number of morpholine rings is 1. The van der Waals surface area contributed by atoms with Crippen molar-refractivity contribution in [2.75, 3.05) is 46.6 Å². The van der Waals surface area contributed by atoms with Crippen molar-refractivity contribution in [2.45, 2.75) is 51.3 Å². The van der Waals surface area contributed by atoms with Crippen LogP contribution in [0.5, 0.6) is 0 Å². The molecule has 2 atom stereocenters. The average molecular weight is 385 g/mol. The smallest absolute Gasteiger partial charge is 0.408 e. The molecule has 27 heavy (non-hydrogen) atoms. The molecule has 2 saturated heterocycles. The monoisotopic (exact) mass is 385 g/mol. The van der Waals surface area contributed by atoms with Crippen molar-refractivity contribution in [1.29, 1.82) is 0 Å². The molecule has 2 heterocycles. The largest absolute Gasteiger partial charge is 0.444 e. The Morgan fingerprint density at radius 3 is 2.52 bits per heavy atom. The number of amides is 3. The molecule has 0 aliphatic carbocycles. The molecule has 2 fully saturated rings. The molecular formula is C18H31N3O6. The molecule has 0 radical (unpaired) electrons. The summed E-state index contributed by atoms with van der Waals surface area (Å²) in [6.45, 7) is 8.09. The zero-order valence-electron chi connectivity index (χ0n) is 16.7. The topological polar surface area (TPSA) is 97.4 Å². The minimum Gasteiger partial charge on any atom is -0.444 e. The van der Waals surface area contributed by atoms with E-state index < -0.39 is 23.8 Å². The van der Waals surface area contributed by atoms with E-state index in [0.717, 1.165) is 0 Å². The van der Waals surface area contributed by atoms with Crippen LogP contribution < -0.4 is 5.32 Å². The molecule has 3 amide bonds. The van der Waals surface area contributed by atoms with E-state index in [1.54, 1.807) is 37.7 Å². The van der Waals surface area contributed by atoms with E-state index in [2.05, 4.69) is 5.32 Å². The van der Waals surface area contributed by atoms with Crippen molar-refractivity contribution in [3.8, 4) is 0 Å². The van der Waals surface area contributed by atoms with Gasteiger partial charge >= 0.3 is 6.09 Å². The maximum absolute atomic E-state index is 13.0. The van der Waals surface area contributed by atoms with Gasteiger partial charge in [-0.3, -0.25) is 9.59 Å². The fourth-order valence-electron chi connectivity index (χ4n) is 3.23. The van der Waals surface area contributed by atoms with Crippen molar-refractivity contribution >= 4 is 17.9 Å². The van der Waals surface area contributed by atoms with E-state index in [9.17, 15) is 14.4 Å². The van der Waals surface area contributed by atoms with E-state index in [1.165, 1.54) is 0 Å². The van der Waals surface area contributed by atoms with E-state index >= 15 is 0 Å². The molecule has 2 rings (SSSR count). The fraction of sp³-hybridized carbons (Fsp3) is 0.833. The van der Waals surface area contributed by atoms with Crippen LogP contribution in [0, 0.1) is 0 Å². The van der Waals surface area contributed by atoms with Crippen molar-refractivity contribution in [3.63, 3.8) is 0 Å². The first-order valence-electron chi connectivity index (χ1n) is 9.38. The maximum Gasteiger partial charge on any atom is 0.408 e. The number of nitrogens with one attached hydrogen (secondary N) is 1. The first kappa shape index (κ1) is 21.4. The van der Waals surface area contributed by atoms with E-state index in [4.69, 9.17) is 14.2 Å². The predicted molar refractivity (Wildman–Crippen MR) is 97.2 cm³/mol. The lowest BCUT2D eigenvalue weighted by Crippen LogP contribution is -2.54. The molecule has 2 aliphatic rings.